The van der Waals surface area contributed by atoms with Crippen LogP contribution in [0, 0.1) is 0 Å². The van der Waals surface area contributed by atoms with Gasteiger partial charge in [0.1, 0.15) is 0 Å². The maximum Gasteiger partial charge on any atom is 0.0802 e. The van der Waals surface area contributed by atoms with E-state index < -0.39 is 6.10 Å². The second-order valence-electron chi connectivity index (χ2n) is 2.67. The average molecular weight is 240 g/mol. The monoisotopic (exact) mass is 238 g/mol. The van der Waals surface area contributed by atoms with Gasteiger partial charge in [-0.2, -0.15) is 0 Å². The van der Waals surface area contributed by atoms with Crippen molar-refractivity contribution in [3.8, 4) is 0 Å². The molecule has 0 aromatic heterocycles. The van der Waals surface area contributed by atoms with Crippen molar-refractivity contribution >= 4 is 34.8 Å². The van der Waals surface area contributed by atoms with Gasteiger partial charge in [0.2, 0.25) is 0 Å². The maximum atomic E-state index is 9.55. The Balaban J connectivity index is 2.84. The molecule has 1 unspecified atom stereocenters. The molecule has 0 aliphatic heterocycles. The third-order valence-corrected chi connectivity index (χ3v) is 2.67. The van der Waals surface area contributed by atoms with Crippen LogP contribution in [0.25, 0.3) is 0 Å². The van der Waals surface area contributed by atoms with Gasteiger partial charge in [0.05, 0.1) is 16.1 Å². The van der Waals surface area contributed by atoms with Gasteiger partial charge in [0.15, 0.2) is 0 Å². The van der Waals surface area contributed by atoms with Gasteiger partial charge in [-0.05, 0) is 24.1 Å². The second kappa shape index (κ2) is 5.06. The number of halogens is 3. The Kier molecular flexibility index (Phi) is 4.33. The smallest absolute Gasteiger partial charge is 0.0802 e. The molecule has 72 valence electrons. The van der Waals surface area contributed by atoms with Crippen molar-refractivity contribution < 1.29 is 5.11 Å². The summed E-state index contributed by atoms with van der Waals surface area (Å²) in [5, 5.41) is 10.5. The highest BCUT2D eigenvalue weighted by molar-refractivity contribution is 6.42. The van der Waals surface area contributed by atoms with E-state index in [1.807, 2.05) is 0 Å². The Labute approximate surface area is 92.2 Å². The number of aliphatic hydroxyl groups is 1. The Bertz CT molecular complexity index is 288. The number of hydrogen-bond donors (Lipinski definition) is 1. The zero-order chi connectivity index (χ0) is 9.84. The highest BCUT2D eigenvalue weighted by Gasteiger charge is 2.08. The molecule has 0 radical (unpaired) electrons. The minimum absolute atomic E-state index is 0.418. The number of benzene rings is 1. The highest BCUT2D eigenvalue weighted by Crippen LogP contribution is 2.26. The van der Waals surface area contributed by atoms with Crippen LogP contribution < -0.4 is 0 Å². The Morgan fingerprint density at radius 1 is 1.23 bits per heavy atom. The lowest BCUT2D eigenvalue weighted by Gasteiger charge is -2.09. The molecule has 13 heavy (non-hydrogen) atoms. The molecule has 1 N–H and O–H groups in total. The third kappa shape index (κ3) is 3.03. The van der Waals surface area contributed by atoms with E-state index in [2.05, 4.69) is 0 Å². The molecule has 1 aromatic rings. The molecule has 0 amide bonds. The lowest BCUT2D eigenvalue weighted by molar-refractivity contribution is 0.174. The molecule has 0 saturated carbocycles. The second-order valence-corrected chi connectivity index (χ2v) is 3.86. The molecule has 0 bridgehead atoms. The molecule has 0 spiro atoms. The van der Waals surface area contributed by atoms with Crippen molar-refractivity contribution in [1.29, 1.82) is 0 Å². The molecule has 0 heterocycles. The summed E-state index contributed by atoms with van der Waals surface area (Å²) < 4.78 is 0. The van der Waals surface area contributed by atoms with E-state index in [9.17, 15) is 5.11 Å². The van der Waals surface area contributed by atoms with Gasteiger partial charge in [-0.1, -0.05) is 29.3 Å². The van der Waals surface area contributed by atoms with E-state index >= 15 is 0 Å². The van der Waals surface area contributed by atoms with Crippen LogP contribution in [-0.2, 0) is 0 Å². The van der Waals surface area contributed by atoms with Crippen molar-refractivity contribution in [2.75, 3.05) is 5.88 Å². The first-order chi connectivity index (χ1) is 6.15. The lowest BCUT2D eigenvalue weighted by Crippen LogP contribution is -1.97. The van der Waals surface area contributed by atoms with Gasteiger partial charge in [-0.15, -0.1) is 11.6 Å². The molecule has 1 nitrogen and oxygen atoms in total. The fraction of sp³-hybridized carbons (Fsp3) is 0.333. The van der Waals surface area contributed by atoms with Crippen LogP contribution in [0.5, 0.6) is 0 Å². The molecule has 1 rings (SSSR count). The highest BCUT2D eigenvalue weighted by atomic mass is 35.5. The summed E-state index contributed by atoms with van der Waals surface area (Å²) in [4.78, 5) is 0. The van der Waals surface area contributed by atoms with Crippen molar-refractivity contribution in [1.82, 2.24) is 0 Å². The molecule has 0 aliphatic carbocycles. The molecule has 1 aromatic carbocycles. The van der Waals surface area contributed by atoms with Crippen LogP contribution in [0.1, 0.15) is 18.1 Å². The fourth-order valence-electron chi connectivity index (χ4n) is 0.990. The van der Waals surface area contributed by atoms with E-state index in [1.54, 1.807) is 18.2 Å². The predicted octanol–water partition coefficient (Wildman–Crippen LogP) is 3.66. The van der Waals surface area contributed by atoms with Gasteiger partial charge in [-0.25, -0.2) is 0 Å². The van der Waals surface area contributed by atoms with E-state index in [0.717, 1.165) is 5.56 Å². The first-order valence-electron chi connectivity index (χ1n) is 3.84. The van der Waals surface area contributed by atoms with Crippen molar-refractivity contribution in [3.63, 3.8) is 0 Å². The van der Waals surface area contributed by atoms with Gasteiger partial charge >= 0.3 is 0 Å². The number of rotatable bonds is 3. The van der Waals surface area contributed by atoms with Crippen LogP contribution in [0.15, 0.2) is 18.2 Å². The van der Waals surface area contributed by atoms with Crippen molar-refractivity contribution in [3.05, 3.63) is 33.8 Å². The van der Waals surface area contributed by atoms with E-state index in [-0.39, 0.29) is 0 Å². The van der Waals surface area contributed by atoms with Crippen molar-refractivity contribution in [2.24, 2.45) is 0 Å². The van der Waals surface area contributed by atoms with E-state index in [1.165, 1.54) is 0 Å². The summed E-state index contributed by atoms with van der Waals surface area (Å²) >= 11 is 17.0. The van der Waals surface area contributed by atoms with Crippen LogP contribution in [0.3, 0.4) is 0 Å². The molecular formula is C9H9Cl3O. The van der Waals surface area contributed by atoms with Crippen LogP contribution >= 0.6 is 34.8 Å². The SMILES string of the molecule is OC(CCCl)c1ccc(Cl)c(Cl)c1. The number of hydrogen-bond acceptors (Lipinski definition) is 1. The van der Waals surface area contributed by atoms with Gasteiger partial charge in [0, 0.05) is 5.88 Å². The summed E-state index contributed by atoms with van der Waals surface area (Å²) in [6, 6.07) is 5.06. The molecule has 0 fully saturated rings. The molecule has 1 atom stereocenters. The average Bonchev–Trinajstić information content (AvgIpc) is 2.10. The van der Waals surface area contributed by atoms with Crippen LogP contribution in [0.2, 0.25) is 10.0 Å². The van der Waals surface area contributed by atoms with Crippen LogP contribution in [-0.4, -0.2) is 11.0 Å². The summed E-state index contributed by atoms with van der Waals surface area (Å²) in [7, 11) is 0. The van der Waals surface area contributed by atoms with Crippen molar-refractivity contribution in [2.45, 2.75) is 12.5 Å². The Hall–Kier alpha value is 0.0500. The minimum Gasteiger partial charge on any atom is -0.388 e. The van der Waals surface area contributed by atoms with Gasteiger partial charge in [-0.3, -0.25) is 0 Å². The first kappa shape index (κ1) is 11.1. The number of alkyl halides is 1. The quantitative estimate of drug-likeness (QED) is 0.798. The standard InChI is InChI=1S/C9H9Cl3O/c10-4-3-9(13)6-1-2-7(11)8(12)5-6/h1-2,5,9,13H,3-4H2. The topological polar surface area (TPSA) is 20.2 Å². The summed E-state index contributed by atoms with van der Waals surface area (Å²) in [6.45, 7) is 0. The zero-order valence-electron chi connectivity index (χ0n) is 6.80. The fourth-order valence-corrected chi connectivity index (χ4v) is 1.50. The first-order valence-corrected chi connectivity index (χ1v) is 5.13. The third-order valence-electron chi connectivity index (χ3n) is 1.71. The molecule has 0 aliphatic rings. The predicted molar refractivity (Wildman–Crippen MR) is 56.8 cm³/mol. The summed E-state index contributed by atoms with van der Waals surface area (Å²) in [5.41, 5.74) is 0.745. The lowest BCUT2D eigenvalue weighted by atomic mass is 10.1. The number of aliphatic hydroxyl groups excluding tert-OH is 1. The normalized spacial score (nSPS) is 12.9. The van der Waals surface area contributed by atoms with Gasteiger partial charge in [0.25, 0.3) is 0 Å². The Morgan fingerprint density at radius 2 is 1.92 bits per heavy atom. The van der Waals surface area contributed by atoms with Crippen LogP contribution in [0.4, 0.5) is 0 Å². The Morgan fingerprint density at radius 3 is 2.46 bits per heavy atom. The summed E-state index contributed by atoms with van der Waals surface area (Å²) in [5.74, 6) is 0.418. The minimum atomic E-state index is -0.563. The molecule has 4 heteroatoms. The van der Waals surface area contributed by atoms with E-state index in [4.69, 9.17) is 34.8 Å². The maximum absolute atomic E-state index is 9.55. The van der Waals surface area contributed by atoms with E-state index in [0.29, 0.717) is 22.3 Å². The largest absolute Gasteiger partial charge is 0.388 e. The van der Waals surface area contributed by atoms with Gasteiger partial charge < -0.3 is 5.11 Å². The molecular weight excluding hydrogens is 230 g/mol. The zero-order valence-corrected chi connectivity index (χ0v) is 9.07. The molecule has 0 saturated heterocycles. The summed E-state index contributed by atoms with van der Waals surface area (Å²) in [6.07, 6.45) is -0.0493.